The highest BCUT2D eigenvalue weighted by Gasteiger charge is 2.30. The zero-order valence-electron chi connectivity index (χ0n) is 69.0. The lowest BCUT2D eigenvalue weighted by atomic mass is 10.0. The van der Waals surface area contributed by atoms with Crippen molar-refractivity contribution in [2.45, 2.75) is 477 Å². The van der Waals surface area contributed by atoms with Crippen molar-refractivity contribution in [1.29, 1.82) is 0 Å². The number of hydrogen-bond acceptors (Lipinski definition) is 15. The van der Waals surface area contributed by atoms with E-state index in [1.54, 1.807) is 0 Å². The van der Waals surface area contributed by atoms with Crippen molar-refractivity contribution in [3.05, 3.63) is 0 Å². The van der Waals surface area contributed by atoms with Gasteiger partial charge in [-0.05, 0) is 37.5 Å². The Labute approximate surface area is 645 Å². The molecule has 0 aromatic rings. The van der Waals surface area contributed by atoms with E-state index in [0.717, 1.165) is 102 Å². The molecule has 17 nitrogen and oxygen atoms in total. The van der Waals surface area contributed by atoms with Crippen LogP contribution in [-0.4, -0.2) is 96.7 Å². The highest BCUT2D eigenvalue weighted by Crippen LogP contribution is 2.45. The molecule has 0 radical (unpaired) electrons. The fraction of sp³-hybridized carbons (Fsp3) is 0.953. The van der Waals surface area contributed by atoms with Gasteiger partial charge >= 0.3 is 39.5 Å². The summed E-state index contributed by atoms with van der Waals surface area (Å²) in [5.74, 6) is -0.608. The summed E-state index contributed by atoms with van der Waals surface area (Å²) >= 11 is 0. The minimum atomic E-state index is -4.97. The third-order valence-electron chi connectivity index (χ3n) is 20.2. The number of aliphatic hydroxyl groups excluding tert-OH is 1. The van der Waals surface area contributed by atoms with Crippen molar-refractivity contribution in [2.75, 3.05) is 39.6 Å². The Morgan fingerprint density at radius 3 is 0.648 bits per heavy atom. The second kappa shape index (κ2) is 77.4. The van der Waals surface area contributed by atoms with Crippen molar-refractivity contribution >= 4 is 39.5 Å². The molecule has 0 aliphatic carbocycles. The van der Waals surface area contributed by atoms with E-state index in [1.165, 1.54) is 276 Å². The van der Waals surface area contributed by atoms with Gasteiger partial charge in [-0.2, -0.15) is 0 Å². The molecule has 0 aromatic heterocycles. The largest absolute Gasteiger partial charge is 0.472 e. The minimum Gasteiger partial charge on any atom is -0.462 e. The van der Waals surface area contributed by atoms with Crippen LogP contribution in [0.2, 0.25) is 0 Å². The Kier molecular flexibility index (Phi) is 76.0. The summed E-state index contributed by atoms with van der Waals surface area (Å²) in [5.41, 5.74) is 0. The van der Waals surface area contributed by atoms with Crippen molar-refractivity contribution in [3.63, 3.8) is 0 Å². The van der Waals surface area contributed by atoms with Crippen LogP contribution in [0.4, 0.5) is 0 Å². The maximum atomic E-state index is 13.1. The van der Waals surface area contributed by atoms with Crippen LogP contribution in [0.15, 0.2) is 0 Å². The summed E-state index contributed by atoms with van der Waals surface area (Å²) in [4.78, 5) is 73.2. The normalized spacial score (nSPS) is 13.8. The molecule has 0 rings (SSSR count). The number of carbonyl (C=O) groups is 4. The molecule has 0 fully saturated rings. The fourth-order valence-corrected chi connectivity index (χ4v) is 15.0. The van der Waals surface area contributed by atoms with Gasteiger partial charge in [-0.1, -0.05) is 408 Å². The standard InChI is InChI=1S/C86H168O17P2/c1-7-9-11-13-15-17-19-21-23-25-27-28-29-30-32-34-36-38-45-52-58-64-70-85(90)102-81(74-96-83(88)68-62-56-50-44-37-35-33-31-26-24-22-20-18-16-14-12-10-8-2)76-100-104(92,93)98-72-80(87)73-99-105(94,95)101-77-82(75-97-84(89)69-63-57-51-47-41-43-49-55-61-67-79(5)6)103-86(91)71-65-59-53-46-40-39-42-48-54-60-66-78(3)4/h78-82,87H,7-77H2,1-6H3,(H,92,93)(H,94,95)/t80-,81-,82-/m1/s1. The SMILES string of the molecule is CCCCCCCCCCCCCCCCCCCCCCCCC(=O)O[C@H](COC(=O)CCCCCCCCCCCCCCCCCCCC)COP(=O)(O)OC[C@@H](O)COP(=O)(O)OC[C@@H](COC(=O)CCCCCCCCCCCC(C)C)OC(=O)CCCCCCCCCCCCC(C)C. The van der Waals surface area contributed by atoms with E-state index >= 15 is 0 Å². The maximum absolute atomic E-state index is 13.1. The van der Waals surface area contributed by atoms with Gasteiger partial charge in [-0.3, -0.25) is 37.3 Å². The molecule has 0 spiro atoms. The van der Waals surface area contributed by atoms with Gasteiger partial charge in [0.25, 0.3) is 0 Å². The van der Waals surface area contributed by atoms with Crippen LogP contribution in [0.25, 0.3) is 0 Å². The Morgan fingerprint density at radius 1 is 0.257 bits per heavy atom. The van der Waals surface area contributed by atoms with E-state index in [0.29, 0.717) is 25.7 Å². The second-order valence-corrected chi connectivity index (χ2v) is 34.8. The highest BCUT2D eigenvalue weighted by molar-refractivity contribution is 7.47. The smallest absolute Gasteiger partial charge is 0.462 e. The maximum Gasteiger partial charge on any atom is 0.472 e. The third-order valence-corrected chi connectivity index (χ3v) is 22.1. The predicted octanol–water partition coefficient (Wildman–Crippen LogP) is 26.2. The van der Waals surface area contributed by atoms with Gasteiger partial charge in [0.1, 0.15) is 19.3 Å². The van der Waals surface area contributed by atoms with Crippen LogP contribution in [0.3, 0.4) is 0 Å². The molecule has 0 saturated carbocycles. The van der Waals surface area contributed by atoms with Gasteiger partial charge in [0, 0.05) is 25.7 Å². The van der Waals surface area contributed by atoms with Gasteiger partial charge in [-0.25, -0.2) is 9.13 Å². The molecule has 0 aliphatic rings. The summed E-state index contributed by atoms with van der Waals surface area (Å²) in [6, 6.07) is 0. The number of rotatable bonds is 85. The summed E-state index contributed by atoms with van der Waals surface area (Å²) in [6.45, 7) is 9.63. The Hall–Kier alpha value is -1.94. The average molecular weight is 1540 g/mol. The van der Waals surface area contributed by atoms with E-state index in [4.69, 9.17) is 37.0 Å². The highest BCUT2D eigenvalue weighted by atomic mass is 31.2. The van der Waals surface area contributed by atoms with Gasteiger partial charge in [0.2, 0.25) is 0 Å². The number of aliphatic hydroxyl groups is 1. The van der Waals surface area contributed by atoms with Crippen LogP contribution < -0.4 is 0 Å². The number of carbonyl (C=O) groups excluding carboxylic acids is 4. The fourth-order valence-electron chi connectivity index (χ4n) is 13.4. The molecule has 5 atom stereocenters. The zero-order chi connectivity index (χ0) is 77.1. The van der Waals surface area contributed by atoms with Gasteiger partial charge in [0.05, 0.1) is 26.4 Å². The quantitative estimate of drug-likeness (QED) is 0.0222. The lowest BCUT2D eigenvalue weighted by molar-refractivity contribution is -0.161. The number of ether oxygens (including phenoxy) is 4. The Morgan fingerprint density at radius 2 is 0.438 bits per heavy atom. The van der Waals surface area contributed by atoms with Crippen molar-refractivity contribution in [1.82, 2.24) is 0 Å². The molecule has 0 aromatic carbocycles. The molecular weight excluding hydrogens is 1370 g/mol. The number of esters is 4. The van der Waals surface area contributed by atoms with Crippen LogP contribution in [0.5, 0.6) is 0 Å². The molecule has 0 saturated heterocycles. The summed E-state index contributed by atoms with van der Waals surface area (Å²) in [6.07, 6.45) is 69.6. The van der Waals surface area contributed by atoms with Crippen LogP contribution >= 0.6 is 15.6 Å². The first kappa shape index (κ1) is 103. The lowest BCUT2D eigenvalue weighted by Crippen LogP contribution is -2.30. The topological polar surface area (TPSA) is 237 Å². The summed E-state index contributed by atoms with van der Waals surface area (Å²) in [5, 5.41) is 10.7. The predicted molar refractivity (Wildman–Crippen MR) is 432 cm³/mol. The second-order valence-electron chi connectivity index (χ2n) is 31.9. The van der Waals surface area contributed by atoms with E-state index in [1.807, 2.05) is 0 Å². The molecule has 0 heterocycles. The van der Waals surface area contributed by atoms with Crippen molar-refractivity contribution < 1.29 is 80.2 Å². The number of unbranched alkanes of at least 4 members (excludes halogenated alkanes) is 55. The van der Waals surface area contributed by atoms with E-state index in [-0.39, 0.29) is 25.7 Å². The molecule has 105 heavy (non-hydrogen) atoms. The third kappa shape index (κ3) is 79.9. The molecule has 3 N–H and O–H groups in total. The number of hydrogen-bond donors (Lipinski definition) is 3. The Balaban J connectivity index is 5.23. The number of phosphoric acid groups is 2. The summed E-state index contributed by atoms with van der Waals surface area (Å²) in [7, 11) is -9.93. The summed E-state index contributed by atoms with van der Waals surface area (Å²) < 4.78 is 68.9. The molecule has 624 valence electrons. The molecule has 19 heteroatoms. The first-order chi connectivity index (χ1) is 50.9. The molecule has 2 unspecified atom stereocenters. The monoisotopic (exact) mass is 1540 g/mol. The van der Waals surface area contributed by atoms with Crippen molar-refractivity contribution in [2.24, 2.45) is 11.8 Å². The first-order valence-electron chi connectivity index (χ1n) is 44.5. The lowest BCUT2D eigenvalue weighted by Gasteiger charge is -2.21. The van der Waals surface area contributed by atoms with Gasteiger partial charge in [0.15, 0.2) is 12.2 Å². The van der Waals surface area contributed by atoms with E-state index in [9.17, 15) is 43.2 Å². The van der Waals surface area contributed by atoms with E-state index in [2.05, 4.69) is 41.5 Å². The average Bonchev–Trinajstić information content (AvgIpc) is 0.918. The number of phosphoric ester groups is 2. The van der Waals surface area contributed by atoms with Crippen molar-refractivity contribution in [3.8, 4) is 0 Å². The minimum absolute atomic E-state index is 0.106. The molecular formula is C86H168O17P2. The van der Waals surface area contributed by atoms with Crippen LogP contribution in [0, 0.1) is 11.8 Å². The first-order valence-corrected chi connectivity index (χ1v) is 47.5. The van der Waals surface area contributed by atoms with Crippen LogP contribution in [-0.2, 0) is 65.4 Å². The Bertz CT molecular complexity index is 2010. The van der Waals surface area contributed by atoms with Gasteiger partial charge < -0.3 is 33.8 Å². The molecule has 0 amide bonds. The van der Waals surface area contributed by atoms with Crippen LogP contribution in [0.1, 0.15) is 459 Å². The van der Waals surface area contributed by atoms with Gasteiger partial charge in [-0.15, -0.1) is 0 Å². The zero-order valence-corrected chi connectivity index (χ0v) is 70.8. The molecule has 0 bridgehead atoms. The van der Waals surface area contributed by atoms with E-state index < -0.39 is 97.5 Å². The molecule has 0 aliphatic heterocycles.